The van der Waals surface area contributed by atoms with Crippen molar-refractivity contribution in [1.82, 2.24) is 10.3 Å². The number of benzene rings is 1. The fraction of sp³-hybridized carbons (Fsp3) is 0.267. The number of carboxylic acid groups (broad SMARTS) is 1. The Morgan fingerprint density at radius 1 is 1.33 bits per heavy atom. The number of thiazole rings is 1. The maximum absolute atomic E-state index is 12.0. The van der Waals surface area contributed by atoms with Gasteiger partial charge >= 0.3 is 5.97 Å². The van der Waals surface area contributed by atoms with Crippen molar-refractivity contribution < 1.29 is 14.7 Å². The van der Waals surface area contributed by atoms with E-state index >= 15 is 0 Å². The van der Waals surface area contributed by atoms with Crippen molar-refractivity contribution in [2.75, 3.05) is 6.54 Å². The molecule has 2 aromatic rings. The van der Waals surface area contributed by atoms with Crippen LogP contribution in [0.5, 0.6) is 0 Å². The second-order valence-electron chi connectivity index (χ2n) is 4.65. The fourth-order valence-corrected chi connectivity index (χ4v) is 2.82. The smallest absolute Gasteiger partial charge is 0.335 e. The highest BCUT2D eigenvalue weighted by Crippen LogP contribution is 2.16. The Bertz CT molecular complexity index is 679. The number of hydrogen-bond acceptors (Lipinski definition) is 4. The number of carbonyl (C=O) groups excluding carboxylic acids is 1. The third-order valence-electron chi connectivity index (χ3n) is 2.99. The monoisotopic (exact) mass is 304 g/mol. The summed E-state index contributed by atoms with van der Waals surface area (Å²) < 4.78 is 0. The van der Waals surface area contributed by atoms with E-state index in [1.165, 1.54) is 11.3 Å². The van der Waals surface area contributed by atoms with Crippen molar-refractivity contribution in [2.24, 2.45) is 0 Å². The van der Waals surface area contributed by atoms with Crippen LogP contribution in [-0.2, 0) is 6.42 Å². The predicted molar refractivity (Wildman–Crippen MR) is 81.0 cm³/mol. The van der Waals surface area contributed by atoms with Crippen molar-refractivity contribution in [3.8, 4) is 0 Å². The van der Waals surface area contributed by atoms with E-state index in [0.29, 0.717) is 18.7 Å². The van der Waals surface area contributed by atoms with E-state index in [0.717, 1.165) is 15.4 Å². The molecule has 5 nitrogen and oxygen atoms in total. The van der Waals surface area contributed by atoms with Gasteiger partial charge in [0.05, 0.1) is 10.6 Å². The lowest BCUT2D eigenvalue weighted by atomic mass is 10.1. The number of nitrogens with one attached hydrogen (secondary N) is 1. The van der Waals surface area contributed by atoms with Crippen molar-refractivity contribution in [1.29, 1.82) is 0 Å². The summed E-state index contributed by atoms with van der Waals surface area (Å²) in [5.41, 5.74) is 1.60. The average Bonchev–Trinajstić information content (AvgIpc) is 2.78. The molecule has 0 saturated carbocycles. The van der Waals surface area contributed by atoms with Crippen LogP contribution in [0.2, 0.25) is 0 Å². The number of hydrogen-bond donors (Lipinski definition) is 2. The SMILES string of the molecule is Cc1nc(C(=O)NCCc2cccc(C(=O)O)c2)c(C)s1. The van der Waals surface area contributed by atoms with Gasteiger partial charge in [0, 0.05) is 11.4 Å². The second kappa shape index (κ2) is 6.49. The van der Waals surface area contributed by atoms with Crippen LogP contribution in [0.15, 0.2) is 24.3 Å². The summed E-state index contributed by atoms with van der Waals surface area (Å²) in [5, 5.41) is 12.6. The maximum atomic E-state index is 12.0. The molecular weight excluding hydrogens is 288 g/mol. The maximum Gasteiger partial charge on any atom is 0.335 e. The first kappa shape index (κ1) is 15.2. The lowest BCUT2D eigenvalue weighted by molar-refractivity contribution is 0.0696. The number of aromatic carboxylic acids is 1. The second-order valence-corrected chi connectivity index (χ2v) is 6.06. The van der Waals surface area contributed by atoms with E-state index in [-0.39, 0.29) is 11.5 Å². The Balaban J connectivity index is 1.92. The molecule has 0 aliphatic carbocycles. The van der Waals surface area contributed by atoms with Crippen molar-refractivity contribution in [3.63, 3.8) is 0 Å². The van der Waals surface area contributed by atoms with Gasteiger partial charge in [0.15, 0.2) is 0 Å². The molecule has 21 heavy (non-hydrogen) atoms. The van der Waals surface area contributed by atoms with Gasteiger partial charge in [-0.2, -0.15) is 0 Å². The van der Waals surface area contributed by atoms with Gasteiger partial charge in [-0.15, -0.1) is 11.3 Å². The summed E-state index contributed by atoms with van der Waals surface area (Å²) in [6.07, 6.45) is 0.578. The summed E-state index contributed by atoms with van der Waals surface area (Å²) in [4.78, 5) is 28.0. The zero-order chi connectivity index (χ0) is 15.4. The Morgan fingerprint density at radius 2 is 2.10 bits per heavy atom. The van der Waals surface area contributed by atoms with Crippen LogP contribution in [0.1, 0.15) is 36.3 Å². The molecule has 0 spiro atoms. The number of carboxylic acids is 1. The Kier molecular flexibility index (Phi) is 4.70. The minimum atomic E-state index is -0.950. The average molecular weight is 304 g/mol. The first-order valence-electron chi connectivity index (χ1n) is 6.52. The Hall–Kier alpha value is -2.21. The third kappa shape index (κ3) is 3.88. The molecule has 0 unspecified atom stereocenters. The minimum Gasteiger partial charge on any atom is -0.478 e. The van der Waals surface area contributed by atoms with Gasteiger partial charge in [-0.25, -0.2) is 9.78 Å². The molecule has 1 heterocycles. The van der Waals surface area contributed by atoms with Crippen LogP contribution < -0.4 is 5.32 Å². The van der Waals surface area contributed by atoms with E-state index in [4.69, 9.17) is 5.11 Å². The molecule has 0 radical (unpaired) electrons. The first-order chi connectivity index (χ1) is 9.97. The molecule has 110 valence electrons. The zero-order valence-electron chi connectivity index (χ0n) is 11.8. The zero-order valence-corrected chi connectivity index (χ0v) is 12.7. The summed E-state index contributed by atoms with van der Waals surface area (Å²) in [7, 11) is 0. The predicted octanol–water partition coefficient (Wildman–Crippen LogP) is 2.43. The molecule has 6 heteroatoms. The summed E-state index contributed by atoms with van der Waals surface area (Å²) in [5.74, 6) is -1.14. The number of carbonyl (C=O) groups is 2. The lowest BCUT2D eigenvalue weighted by Crippen LogP contribution is -2.26. The van der Waals surface area contributed by atoms with Crippen LogP contribution >= 0.6 is 11.3 Å². The molecule has 0 bridgehead atoms. The summed E-state index contributed by atoms with van der Waals surface area (Å²) >= 11 is 1.50. The molecule has 2 rings (SSSR count). The van der Waals surface area contributed by atoms with Gasteiger partial charge < -0.3 is 10.4 Å². The van der Waals surface area contributed by atoms with Gasteiger partial charge in [0.2, 0.25) is 0 Å². The highest BCUT2D eigenvalue weighted by atomic mass is 32.1. The Labute approximate surface area is 126 Å². The molecular formula is C15H16N2O3S. The molecule has 1 aromatic heterocycles. The van der Waals surface area contributed by atoms with Crippen LogP contribution in [0.25, 0.3) is 0 Å². The van der Waals surface area contributed by atoms with E-state index in [9.17, 15) is 9.59 Å². The third-order valence-corrected chi connectivity index (χ3v) is 3.88. The van der Waals surface area contributed by atoms with Crippen molar-refractivity contribution in [2.45, 2.75) is 20.3 Å². The minimum absolute atomic E-state index is 0.189. The molecule has 0 aliphatic rings. The van der Waals surface area contributed by atoms with Gasteiger partial charge in [-0.1, -0.05) is 12.1 Å². The standard InChI is InChI=1S/C15H16N2O3S/c1-9-13(17-10(2)21-9)14(18)16-7-6-11-4-3-5-12(8-11)15(19)20/h3-5,8H,6-7H2,1-2H3,(H,16,18)(H,19,20). The normalized spacial score (nSPS) is 10.4. The van der Waals surface area contributed by atoms with Gasteiger partial charge in [-0.3, -0.25) is 4.79 Å². The van der Waals surface area contributed by atoms with Crippen LogP contribution in [-0.4, -0.2) is 28.5 Å². The molecule has 2 N–H and O–H groups in total. The van der Waals surface area contributed by atoms with Crippen molar-refractivity contribution in [3.05, 3.63) is 51.0 Å². The van der Waals surface area contributed by atoms with Crippen LogP contribution in [0.4, 0.5) is 0 Å². The Morgan fingerprint density at radius 3 is 2.71 bits per heavy atom. The van der Waals surface area contributed by atoms with Gasteiger partial charge in [0.1, 0.15) is 5.69 Å². The lowest BCUT2D eigenvalue weighted by Gasteiger charge is -2.05. The molecule has 0 aliphatic heterocycles. The number of rotatable bonds is 5. The van der Waals surface area contributed by atoms with E-state index in [1.54, 1.807) is 18.2 Å². The largest absolute Gasteiger partial charge is 0.478 e. The topological polar surface area (TPSA) is 79.3 Å². The van der Waals surface area contributed by atoms with Gasteiger partial charge in [-0.05, 0) is 38.0 Å². The van der Waals surface area contributed by atoms with E-state index < -0.39 is 5.97 Å². The highest BCUT2D eigenvalue weighted by Gasteiger charge is 2.13. The van der Waals surface area contributed by atoms with Crippen LogP contribution in [0.3, 0.4) is 0 Å². The van der Waals surface area contributed by atoms with E-state index in [2.05, 4.69) is 10.3 Å². The van der Waals surface area contributed by atoms with Crippen molar-refractivity contribution >= 4 is 23.2 Å². The number of aromatic nitrogens is 1. The first-order valence-corrected chi connectivity index (χ1v) is 7.33. The quantitative estimate of drug-likeness (QED) is 0.889. The molecule has 0 saturated heterocycles. The molecule has 0 fully saturated rings. The van der Waals surface area contributed by atoms with E-state index in [1.807, 2.05) is 19.9 Å². The number of aryl methyl sites for hydroxylation is 2. The van der Waals surface area contributed by atoms with Gasteiger partial charge in [0.25, 0.3) is 5.91 Å². The molecule has 1 aromatic carbocycles. The fourth-order valence-electron chi connectivity index (χ4n) is 2.00. The molecule has 1 amide bonds. The number of nitrogens with zero attached hydrogens (tertiary/aromatic N) is 1. The highest BCUT2D eigenvalue weighted by molar-refractivity contribution is 7.11. The summed E-state index contributed by atoms with van der Waals surface area (Å²) in [6.45, 7) is 4.18. The number of amides is 1. The molecule has 0 atom stereocenters. The summed E-state index contributed by atoms with van der Waals surface area (Å²) in [6, 6.07) is 6.71. The van der Waals surface area contributed by atoms with Crippen LogP contribution in [0, 0.1) is 13.8 Å².